The van der Waals surface area contributed by atoms with Crippen LogP contribution in [0.4, 0.5) is 0 Å². The summed E-state index contributed by atoms with van der Waals surface area (Å²) in [7, 11) is 1.27. The zero-order valence-electron chi connectivity index (χ0n) is 15.7. The highest BCUT2D eigenvalue weighted by Crippen LogP contribution is 2.35. The van der Waals surface area contributed by atoms with E-state index in [9.17, 15) is 14.9 Å². The molecule has 150 valence electrons. The summed E-state index contributed by atoms with van der Waals surface area (Å²) in [5.74, 6) is -0.570. The fourth-order valence-corrected chi connectivity index (χ4v) is 3.86. The maximum absolute atomic E-state index is 12.5. The lowest BCUT2D eigenvalue weighted by atomic mass is 10.1. The van der Waals surface area contributed by atoms with Gasteiger partial charge in [0.15, 0.2) is 6.61 Å². The minimum Gasteiger partial charge on any atom is -0.480 e. The molecular formula is C21H18Br2N2O4. The minimum absolute atomic E-state index is 0.0326. The molecule has 1 atom stereocenters. The van der Waals surface area contributed by atoms with Crippen LogP contribution in [0.1, 0.15) is 24.1 Å². The number of hydrogen-bond donors (Lipinski definition) is 1. The lowest BCUT2D eigenvalue weighted by Gasteiger charge is -2.14. The number of nitrogens with zero attached hydrogens (tertiary/aromatic N) is 1. The van der Waals surface area contributed by atoms with E-state index in [1.165, 1.54) is 13.2 Å². The van der Waals surface area contributed by atoms with E-state index in [-0.39, 0.29) is 18.2 Å². The summed E-state index contributed by atoms with van der Waals surface area (Å²) in [6.45, 7) is 1.61. The van der Waals surface area contributed by atoms with E-state index < -0.39 is 11.9 Å². The second kappa shape index (κ2) is 10.8. The summed E-state index contributed by atoms with van der Waals surface area (Å²) in [6, 6.07) is 14.5. The van der Waals surface area contributed by atoms with E-state index in [1.54, 1.807) is 12.1 Å². The van der Waals surface area contributed by atoms with Gasteiger partial charge < -0.3 is 14.8 Å². The van der Waals surface area contributed by atoms with Gasteiger partial charge in [-0.1, -0.05) is 30.3 Å². The van der Waals surface area contributed by atoms with Gasteiger partial charge in [0.1, 0.15) is 17.4 Å². The molecule has 1 amide bonds. The topological polar surface area (TPSA) is 88.4 Å². The van der Waals surface area contributed by atoms with Gasteiger partial charge in [-0.05, 0) is 68.1 Å². The predicted octanol–water partition coefficient (Wildman–Crippen LogP) is 4.55. The number of ether oxygens (including phenoxy) is 2. The van der Waals surface area contributed by atoms with Crippen molar-refractivity contribution in [3.05, 3.63) is 68.1 Å². The summed E-state index contributed by atoms with van der Waals surface area (Å²) < 4.78 is 11.1. The van der Waals surface area contributed by atoms with Crippen LogP contribution in [0.3, 0.4) is 0 Å². The van der Waals surface area contributed by atoms with Crippen LogP contribution in [0.15, 0.2) is 57.0 Å². The van der Waals surface area contributed by atoms with Gasteiger partial charge in [-0.15, -0.1) is 0 Å². The van der Waals surface area contributed by atoms with Crippen LogP contribution < -0.4 is 10.1 Å². The van der Waals surface area contributed by atoms with E-state index in [2.05, 4.69) is 41.9 Å². The summed E-state index contributed by atoms with van der Waals surface area (Å²) >= 11 is 6.74. The van der Waals surface area contributed by atoms with Gasteiger partial charge in [-0.2, -0.15) is 5.26 Å². The standard InChI is InChI=1S/C21H18Br2N2O4/c1-13(15-6-4-3-5-7-15)25-21(27)16(11-24)8-14-9-17(22)20(18(23)10-14)29-12-19(26)28-2/h3-10,13H,12H2,1-2H3,(H,25,27)/b16-8-/t13-/m1/s1. The number of nitriles is 1. The molecule has 0 aliphatic heterocycles. The molecule has 0 saturated carbocycles. The van der Waals surface area contributed by atoms with Crippen LogP contribution in [0.25, 0.3) is 6.08 Å². The molecule has 2 aromatic carbocycles. The molecule has 0 radical (unpaired) electrons. The summed E-state index contributed by atoms with van der Waals surface area (Å²) in [5.41, 5.74) is 1.51. The summed E-state index contributed by atoms with van der Waals surface area (Å²) in [6.07, 6.45) is 1.48. The third-order valence-corrected chi connectivity index (χ3v) is 5.08. The highest BCUT2D eigenvalue weighted by atomic mass is 79.9. The van der Waals surface area contributed by atoms with Crippen molar-refractivity contribution in [2.45, 2.75) is 13.0 Å². The normalized spacial score (nSPS) is 11.9. The van der Waals surface area contributed by atoms with Gasteiger partial charge in [0.2, 0.25) is 0 Å². The lowest BCUT2D eigenvalue weighted by molar-refractivity contribution is -0.142. The quantitative estimate of drug-likeness (QED) is 0.328. The SMILES string of the molecule is COC(=O)COc1c(Br)cc(/C=C(/C#N)C(=O)N[C@H](C)c2ccccc2)cc1Br. The van der Waals surface area contributed by atoms with E-state index in [0.717, 1.165) is 5.56 Å². The molecule has 0 fully saturated rings. The van der Waals surface area contributed by atoms with E-state index in [4.69, 9.17) is 4.74 Å². The smallest absolute Gasteiger partial charge is 0.343 e. The van der Waals surface area contributed by atoms with Gasteiger partial charge in [0, 0.05) is 0 Å². The minimum atomic E-state index is -0.510. The Labute approximate surface area is 185 Å². The zero-order valence-corrected chi connectivity index (χ0v) is 18.9. The number of carbonyl (C=O) groups is 2. The van der Waals surface area contributed by atoms with E-state index >= 15 is 0 Å². The Morgan fingerprint density at radius 3 is 2.38 bits per heavy atom. The highest BCUT2D eigenvalue weighted by Gasteiger charge is 2.15. The van der Waals surface area contributed by atoms with E-state index in [1.807, 2.05) is 43.3 Å². The van der Waals surface area contributed by atoms with Gasteiger partial charge in [-0.25, -0.2) is 4.79 Å². The maximum atomic E-state index is 12.5. The molecule has 0 bridgehead atoms. The first kappa shape index (κ1) is 22.7. The van der Waals surface area contributed by atoms with Crippen molar-refractivity contribution >= 4 is 49.8 Å². The molecule has 1 N–H and O–H groups in total. The number of amides is 1. The van der Waals surface area contributed by atoms with Crippen LogP contribution in [0, 0.1) is 11.3 Å². The molecule has 0 aliphatic carbocycles. The van der Waals surface area contributed by atoms with Crippen molar-refractivity contribution in [3.8, 4) is 11.8 Å². The Morgan fingerprint density at radius 1 is 1.21 bits per heavy atom. The van der Waals surface area contributed by atoms with E-state index in [0.29, 0.717) is 20.3 Å². The van der Waals surface area contributed by atoms with Crippen molar-refractivity contribution in [2.75, 3.05) is 13.7 Å². The van der Waals surface area contributed by atoms with Crippen LogP contribution in [0.5, 0.6) is 5.75 Å². The zero-order chi connectivity index (χ0) is 21.4. The molecule has 0 unspecified atom stereocenters. The Kier molecular flexibility index (Phi) is 8.43. The Morgan fingerprint density at radius 2 is 1.83 bits per heavy atom. The molecular weight excluding hydrogens is 504 g/mol. The molecule has 0 aliphatic rings. The largest absolute Gasteiger partial charge is 0.480 e. The van der Waals surface area contributed by atoms with Gasteiger partial charge in [-0.3, -0.25) is 4.79 Å². The third kappa shape index (κ3) is 6.44. The number of esters is 1. The molecule has 6 nitrogen and oxygen atoms in total. The first-order valence-electron chi connectivity index (χ1n) is 8.52. The van der Waals surface area contributed by atoms with Crippen molar-refractivity contribution in [3.63, 3.8) is 0 Å². The lowest BCUT2D eigenvalue weighted by Crippen LogP contribution is -2.27. The van der Waals surface area contributed by atoms with Crippen molar-refractivity contribution in [1.82, 2.24) is 5.32 Å². The monoisotopic (exact) mass is 520 g/mol. The molecule has 2 rings (SSSR count). The Hall–Kier alpha value is -2.63. The number of methoxy groups -OCH3 is 1. The van der Waals surface area contributed by atoms with Crippen molar-refractivity contribution < 1.29 is 19.1 Å². The number of carbonyl (C=O) groups excluding carboxylic acids is 2. The molecule has 8 heteroatoms. The highest BCUT2D eigenvalue weighted by molar-refractivity contribution is 9.11. The molecule has 0 spiro atoms. The number of hydrogen-bond acceptors (Lipinski definition) is 5. The second-order valence-corrected chi connectivity index (χ2v) is 7.66. The summed E-state index contributed by atoms with van der Waals surface area (Å²) in [5, 5.41) is 12.2. The molecule has 0 saturated heterocycles. The maximum Gasteiger partial charge on any atom is 0.343 e. The van der Waals surface area contributed by atoms with Crippen molar-refractivity contribution in [1.29, 1.82) is 5.26 Å². The van der Waals surface area contributed by atoms with Gasteiger partial charge >= 0.3 is 5.97 Å². The molecule has 29 heavy (non-hydrogen) atoms. The van der Waals surface area contributed by atoms with Crippen LogP contribution in [0.2, 0.25) is 0 Å². The fraction of sp³-hybridized carbons (Fsp3) is 0.190. The number of rotatable bonds is 7. The van der Waals surface area contributed by atoms with Gasteiger partial charge in [0.25, 0.3) is 5.91 Å². The van der Waals surface area contributed by atoms with Crippen LogP contribution in [-0.2, 0) is 14.3 Å². The molecule has 0 aromatic heterocycles. The predicted molar refractivity (Wildman–Crippen MR) is 116 cm³/mol. The van der Waals surface area contributed by atoms with Crippen LogP contribution >= 0.6 is 31.9 Å². The third-order valence-electron chi connectivity index (χ3n) is 3.91. The number of benzene rings is 2. The Balaban J connectivity index is 2.18. The van der Waals surface area contributed by atoms with Gasteiger partial charge in [0.05, 0.1) is 22.1 Å². The molecule has 0 heterocycles. The summed E-state index contributed by atoms with van der Waals surface area (Å²) in [4.78, 5) is 23.8. The number of halogens is 2. The molecule has 2 aromatic rings. The van der Waals surface area contributed by atoms with Crippen LogP contribution in [-0.4, -0.2) is 25.6 Å². The first-order chi connectivity index (χ1) is 13.8. The average molecular weight is 522 g/mol. The van der Waals surface area contributed by atoms with Crippen molar-refractivity contribution in [2.24, 2.45) is 0 Å². The average Bonchev–Trinajstić information content (AvgIpc) is 2.71. The first-order valence-corrected chi connectivity index (χ1v) is 10.1. The number of nitrogens with one attached hydrogen (secondary N) is 1. The Bertz CT molecular complexity index is 945. The second-order valence-electron chi connectivity index (χ2n) is 5.95. The fourth-order valence-electron chi connectivity index (χ4n) is 2.41.